The summed E-state index contributed by atoms with van der Waals surface area (Å²) >= 11 is 0. The highest BCUT2D eigenvalue weighted by Gasteiger charge is 1.94. The van der Waals surface area contributed by atoms with Crippen LogP contribution >= 0.6 is 0 Å². The Balaban J connectivity index is -0.000000179. The molecule has 0 amide bonds. The van der Waals surface area contributed by atoms with Gasteiger partial charge in [0.2, 0.25) is 0 Å². The van der Waals surface area contributed by atoms with Crippen molar-refractivity contribution >= 4 is 6.29 Å². The third kappa shape index (κ3) is 37.8. The summed E-state index contributed by atoms with van der Waals surface area (Å²) in [4.78, 5) is 9.06. The third-order valence-electron chi connectivity index (χ3n) is 0.999. The number of carbonyl (C=O) groups is 1. The van der Waals surface area contributed by atoms with Gasteiger partial charge in [-0.2, -0.15) is 0 Å². The van der Waals surface area contributed by atoms with Crippen molar-refractivity contribution in [3.63, 3.8) is 0 Å². The largest absolute Gasteiger partial charge is 0.394 e. The highest BCUT2D eigenvalue weighted by Crippen LogP contribution is 1.90. The van der Waals surface area contributed by atoms with E-state index in [9.17, 15) is 0 Å². The van der Waals surface area contributed by atoms with Gasteiger partial charge in [-0.3, -0.25) is 4.79 Å². The predicted molar refractivity (Wildman–Crippen MR) is 63.1 cm³/mol. The van der Waals surface area contributed by atoms with Gasteiger partial charge in [-0.25, -0.2) is 0 Å². The fourth-order valence-electron chi connectivity index (χ4n) is 0.518. The van der Waals surface area contributed by atoms with Crippen molar-refractivity contribution in [2.45, 2.75) is 27.1 Å². The first-order valence-corrected chi connectivity index (χ1v) is 5.15. The lowest BCUT2D eigenvalue weighted by Gasteiger charge is -2.09. The molecule has 98 valence electrons. The zero-order chi connectivity index (χ0) is 13.2. The van der Waals surface area contributed by atoms with Crippen molar-refractivity contribution in [3.05, 3.63) is 12.7 Å². The number of carbonyl (C=O) groups excluding carboxylic acids is 1. The number of aliphatic hydroxyl groups excluding tert-OH is 2. The van der Waals surface area contributed by atoms with Crippen molar-refractivity contribution < 1.29 is 24.5 Å². The van der Waals surface area contributed by atoms with Gasteiger partial charge in [-0.1, -0.05) is 6.58 Å². The predicted octanol–water partition coefficient (Wildman–Crippen LogP) is 0.748. The Morgan fingerprint density at radius 3 is 1.62 bits per heavy atom. The minimum Gasteiger partial charge on any atom is -0.394 e. The molecular formula is C11H24O5. The van der Waals surface area contributed by atoms with Gasteiger partial charge in [0.25, 0.3) is 0 Å². The molecular weight excluding hydrogens is 212 g/mol. The fourth-order valence-corrected chi connectivity index (χ4v) is 0.518. The van der Waals surface area contributed by atoms with E-state index in [0.717, 1.165) is 13.2 Å². The number of allylic oxidation sites excluding steroid dienone is 1. The summed E-state index contributed by atoms with van der Waals surface area (Å²) < 4.78 is 10.1. The Bertz CT molecular complexity index is 114. The van der Waals surface area contributed by atoms with Crippen LogP contribution in [0.3, 0.4) is 0 Å². The molecule has 0 saturated heterocycles. The van der Waals surface area contributed by atoms with Crippen LogP contribution in [0.4, 0.5) is 0 Å². The van der Waals surface area contributed by atoms with Crippen LogP contribution in [0.5, 0.6) is 0 Å². The number of aliphatic hydroxyl groups is 2. The molecule has 16 heavy (non-hydrogen) atoms. The molecule has 2 N–H and O–H groups in total. The Morgan fingerprint density at radius 2 is 1.50 bits per heavy atom. The highest BCUT2D eigenvalue weighted by atomic mass is 16.7. The van der Waals surface area contributed by atoms with Crippen LogP contribution < -0.4 is 0 Å². The Morgan fingerprint density at radius 1 is 1.19 bits per heavy atom. The van der Waals surface area contributed by atoms with Crippen molar-refractivity contribution in [2.75, 3.05) is 26.4 Å². The van der Waals surface area contributed by atoms with Gasteiger partial charge in [0.05, 0.1) is 13.2 Å². The maximum atomic E-state index is 9.06. The maximum absolute atomic E-state index is 9.06. The maximum Gasteiger partial charge on any atom is 0.154 e. The van der Waals surface area contributed by atoms with Crippen LogP contribution in [-0.2, 0) is 14.3 Å². The van der Waals surface area contributed by atoms with Gasteiger partial charge in [0.1, 0.15) is 6.29 Å². The lowest BCUT2D eigenvalue weighted by Crippen LogP contribution is -2.11. The molecule has 0 spiro atoms. The van der Waals surface area contributed by atoms with Crippen molar-refractivity contribution in [1.29, 1.82) is 0 Å². The van der Waals surface area contributed by atoms with E-state index in [-0.39, 0.29) is 19.5 Å². The number of ether oxygens (including phenoxy) is 2. The van der Waals surface area contributed by atoms with Crippen LogP contribution in [0.2, 0.25) is 0 Å². The summed E-state index contributed by atoms with van der Waals surface area (Å²) in [6, 6.07) is 0. The second-order valence-corrected chi connectivity index (χ2v) is 2.30. The fraction of sp³-hybridized carbons (Fsp3) is 0.727. The van der Waals surface area contributed by atoms with E-state index in [1.54, 1.807) is 0 Å². The molecule has 0 aromatic heterocycles. The molecule has 0 atom stereocenters. The Labute approximate surface area is 97.7 Å². The minimum absolute atomic E-state index is 0.0370. The molecule has 5 heteroatoms. The molecule has 0 rings (SSSR count). The normalized spacial score (nSPS) is 8.38. The molecule has 0 unspecified atom stereocenters. The van der Waals surface area contributed by atoms with Crippen LogP contribution in [0, 0.1) is 0 Å². The molecule has 0 heterocycles. The number of aldehydes is 1. The van der Waals surface area contributed by atoms with Gasteiger partial charge in [0, 0.05) is 13.2 Å². The van der Waals surface area contributed by atoms with Crippen molar-refractivity contribution in [2.24, 2.45) is 0 Å². The summed E-state index contributed by atoms with van der Waals surface area (Å²) in [5.41, 5.74) is 0. The average molecular weight is 236 g/mol. The van der Waals surface area contributed by atoms with Crippen molar-refractivity contribution in [3.8, 4) is 0 Å². The second-order valence-electron chi connectivity index (χ2n) is 2.30. The quantitative estimate of drug-likeness (QED) is 0.404. The first-order valence-electron chi connectivity index (χ1n) is 5.15. The molecule has 0 aliphatic carbocycles. The third-order valence-corrected chi connectivity index (χ3v) is 0.999. The van der Waals surface area contributed by atoms with Crippen LogP contribution in [0.1, 0.15) is 20.8 Å². The minimum atomic E-state index is -0.125. The lowest BCUT2D eigenvalue weighted by molar-refractivity contribution is -0.123. The molecule has 0 aliphatic rings. The molecule has 0 fully saturated rings. The zero-order valence-electron chi connectivity index (χ0n) is 10.4. The van der Waals surface area contributed by atoms with E-state index < -0.39 is 0 Å². The molecule has 0 saturated carbocycles. The lowest BCUT2D eigenvalue weighted by atomic mass is 10.7. The Kier molecular flexibility index (Phi) is 30.7. The van der Waals surface area contributed by atoms with E-state index in [1.165, 1.54) is 6.08 Å². The van der Waals surface area contributed by atoms with Gasteiger partial charge in [-0.05, 0) is 26.8 Å². The van der Waals surface area contributed by atoms with E-state index >= 15 is 0 Å². The van der Waals surface area contributed by atoms with Gasteiger partial charge >= 0.3 is 0 Å². The van der Waals surface area contributed by atoms with Crippen molar-refractivity contribution in [1.82, 2.24) is 0 Å². The molecule has 0 aromatic carbocycles. The van der Waals surface area contributed by atoms with Crippen LogP contribution in [-0.4, -0.2) is 49.2 Å². The summed E-state index contributed by atoms with van der Waals surface area (Å²) in [7, 11) is 0. The van der Waals surface area contributed by atoms with E-state index in [4.69, 9.17) is 24.5 Å². The average Bonchev–Trinajstić information content (AvgIpc) is 2.30. The first kappa shape index (κ1) is 20.6. The van der Waals surface area contributed by atoms with Gasteiger partial charge in [-0.15, -0.1) is 0 Å². The molecule has 5 nitrogen and oxygen atoms in total. The number of hydrogen-bond acceptors (Lipinski definition) is 5. The topological polar surface area (TPSA) is 76.0 Å². The highest BCUT2D eigenvalue weighted by molar-refractivity contribution is 5.63. The summed E-state index contributed by atoms with van der Waals surface area (Å²) in [5.74, 6) is 0. The standard InChI is InChI=1S/C6H14O2.C3H4O.C2H6O2/c1-4-7-6(3)8-5-2;1-2-3-4;3-1-2-4/h6H,4-5H2,1-3H3;2-3H,1H2;3-4H,1-2H2. The van der Waals surface area contributed by atoms with E-state index in [1.807, 2.05) is 20.8 Å². The molecule has 0 radical (unpaired) electrons. The molecule has 0 aromatic rings. The van der Waals surface area contributed by atoms with E-state index in [0.29, 0.717) is 6.29 Å². The van der Waals surface area contributed by atoms with Crippen LogP contribution in [0.25, 0.3) is 0 Å². The number of rotatable bonds is 6. The first-order chi connectivity index (χ1) is 7.64. The molecule has 0 aliphatic heterocycles. The Hall–Kier alpha value is -0.750. The van der Waals surface area contributed by atoms with E-state index in [2.05, 4.69) is 6.58 Å². The monoisotopic (exact) mass is 236 g/mol. The summed E-state index contributed by atoms with van der Waals surface area (Å²) in [6.07, 6.45) is 1.80. The van der Waals surface area contributed by atoms with Crippen LogP contribution in [0.15, 0.2) is 12.7 Å². The second kappa shape index (κ2) is 23.8. The smallest absolute Gasteiger partial charge is 0.154 e. The SMILES string of the molecule is C=CC=O.CCOC(C)OCC.OCCO. The van der Waals surface area contributed by atoms with Gasteiger partial charge in [0.15, 0.2) is 6.29 Å². The summed E-state index contributed by atoms with van der Waals surface area (Å²) in [6.45, 7) is 10.1. The molecule has 0 bridgehead atoms. The van der Waals surface area contributed by atoms with Gasteiger partial charge < -0.3 is 19.7 Å². The summed E-state index contributed by atoms with van der Waals surface area (Å²) in [5, 5.41) is 15.2. The number of hydrogen-bond donors (Lipinski definition) is 2. The zero-order valence-corrected chi connectivity index (χ0v) is 10.4.